The van der Waals surface area contributed by atoms with Gasteiger partial charge in [-0.2, -0.15) is 8.42 Å². The Kier molecular flexibility index (Phi) is 7.97. The molecule has 0 N–H and O–H groups in total. The summed E-state index contributed by atoms with van der Waals surface area (Å²) < 4.78 is 35.3. The standard InChI is InChI=1S/C35H34N3O4S/c1-42-31-19-17-27(18-20-31)26-33(39)37-22-24-38(25-23-37,35(29-10-4-2-5-11-29)30-12-6-3-7-13-30)43(40,41)32-16-8-14-28-15-9-21-36-34(28)32/h2-21,35H,22-26H2,1H3/q+1. The average molecular weight is 593 g/mol. The number of quaternary nitrogens is 1. The van der Waals surface area contributed by atoms with Crippen molar-refractivity contribution in [1.29, 1.82) is 0 Å². The molecule has 0 unspecified atom stereocenters. The Morgan fingerprint density at radius 1 is 0.814 bits per heavy atom. The lowest BCUT2D eigenvalue weighted by Crippen LogP contribution is -2.64. The highest BCUT2D eigenvalue weighted by atomic mass is 32.2. The minimum absolute atomic E-state index is 0.0248. The summed E-state index contributed by atoms with van der Waals surface area (Å²) in [5.74, 6) is 0.709. The molecule has 0 aliphatic carbocycles. The van der Waals surface area contributed by atoms with Gasteiger partial charge in [-0.1, -0.05) is 91.0 Å². The van der Waals surface area contributed by atoms with Gasteiger partial charge in [0.1, 0.15) is 23.7 Å². The number of rotatable bonds is 8. The highest BCUT2D eigenvalue weighted by Crippen LogP contribution is 2.43. The second kappa shape index (κ2) is 12.0. The Morgan fingerprint density at radius 3 is 2.02 bits per heavy atom. The topological polar surface area (TPSA) is 76.6 Å². The van der Waals surface area contributed by atoms with E-state index in [0.717, 1.165) is 27.8 Å². The number of nitrogens with zero attached hydrogens (tertiary/aromatic N) is 3. The molecule has 0 saturated carbocycles. The number of carbonyl (C=O) groups excluding carboxylic acids is 1. The highest BCUT2D eigenvalue weighted by molar-refractivity contribution is 7.86. The zero-order valence-corrected chi connectivity index (χ0v) is 24.9. The number of fused-ring (bicyclic) bond motifs is 1. The molecule has 0 bridgehead atoms. The molecule has 1 aliphatic heterocycles. The second-order valence-corrected chi connectivity index (χ2v) is 13.0. The molecular weight excluding hydrogens is 558 g/mol. The fourth-order valence-corrected chi connectivity index (χ4v) is 8.43. The minimum Gasteiger partial charge on any atom is -0.497 e. The van der Waals surface area contributed by atoms with Crippen molar-refractivity contribution in [2.75, 3.05) is 33.3 Å². The second-order valence-electron chi connectivity index (χ2n) is 10.8. The summed E-state index contributed by atoms with van der Waals surface area (Å²) in [6, 6.07) is 35.6. The van der Waals surface area contributed by atoms with Crippen LogP contribution in [-0.4, -0.2) is 61.4 Å². The van der Waals surface area contributed by atoms with Gasteiger partial charge in [-0.15, -0.1) is 0 Å². The normalized spacial score (nSPS) is 15.0. The molecule has 1 aliphatic rings. The van der Waals surface area contributed by atoms with E-state index in [1.54, 1.807) is 30.3 Å². The molecule has 0 atom stereocenters. The van der Waals surface area contributed by atoms with Gasteiger partial charge in [0.05, 0.1) is 32.1 Å². The van der Waals surface area contributed by atoms with Crippen LogP contribution in [0.2, 0.25) is 0 Å². The maximum Gasteiger partial charge on any atom is 0.330 e. The van der Waals surface area contributed by atoms with Crippen molar-refractivity contribution < 1.29 is 21.8 Å². The Bertz CT molecular complexity index is 1780. The molecule has 1 fully saturated rings. The molecule has 1 saturated heterocycles. The monoisotopic (exact) mass is 592 g/mol. The van der Waals surface area contributed by atoms with Crippen LogP contribution in [0.4, 0.5) is 0 Å². The van der Waals surface area contributed by atoms with Crippen LogP contribution in [0, 0.1) is 0 Å². The third-order valence-corrected chi connectivity index (χ3v) is 10.8. The van der Waals surface area contributed by atoms with Crippen LogP contribution >= 0.6 is 0 Å². The smallest absolute Gasteiger partial charge is 0.330 e. The molecule has 0 radical (unpaired) electrons. The summed E-state index contributed by atoms with van der Waals surface area (Å²) in [6.07, 6.45) is 1.87. The maximum absolute atomic E-state index is 15.2. The van der Waals surface area contributed by atoms with Crippen LogP contribution < -0.4 is 4.74 Å². The number of methoxy groups -OCH3 is 1. The van der Waals surface area contributed by atoms with Crippen LogP contribution in [0.1, 0.15) is 22.7 Å². The van der Waals surface area contributed by atoms with Crippen LogP contribution in [0.5, 0.6) is 5.75 Å². The number of hydrogen-bond acceptors (Lipinski definition) is 5. The summed E-state index contributed by atoms with van der Waals surface area (Å²) in [4.78, 5) is 20.0. The van der Waals surface area contributed by atoms with E-state index in [1.165, 1.54) is 0 Å². The van der Waals surface area contributed by atoms with Crippen molar-refractivity contribution >= 4 is 26.8 Å². The molecular formula is C35H34N3O4S+. The highest BCUT2D eigenvalue weighted by Gasteiger charge is 2.53. The minimum atomic E-state index is -4.04. The molecule has 0 spiro atoms. The molecule has 43 heavy (non-hydrogen) atoms. The van der Waals surface area contributed by atoms with Crippen molar-refractivity contribution in [1.82, 2.24) is 9.88 Å². The lowest BCUT2D eigenvalue weighted by molar-refractivity contribution is -0.837. The number of carbonyl (C=O) groups is 1. The third kappa shape index (κ3) is 5.40. The van der Waals surface area contributed by atoms with E-state index in [2.05, 4.69) is 4.98 Å². The van der Waals surface area contributed by atoms with Gasteiger partial charge in [-0.25, -0.2) is 3.89 Å². The SMILES string of the molecule is COc1ccc(CC(=O)N2CC[N+](C(c3ccccc3)c3ccccc3)(S(=O)(=O)c3cccc4cccnc34)CC2)cc1. The summed E-state index contributed by atoms with van der Waals surface area (Å²) >= 11 is 0. The third-order valence-electron chi connectivity index (χ3n) is 8.42. The quantitative estimate of drug-likeness (QED) is 0.219. The van der Waals surface area contributed by atoms with Crippen molar-refractivity contribution in [2.45, 2.75) is 17.4 Å². The largest absolute Gasteiger partial charge is 0.497 e. The number of para-hydroxylation sites is 1. The number of pyridine rings is 1. The van der Waals surface area contributed by atoms with Crippen molar-refractivity contribution in [3.05, 3.63) is 138 Å². The zero-order valence-electron chi connectivity index (χ0n) is 24.0. The Morgan fingerprint density at radius 2 is 1.42 bits per heavy atom. The first-order chi connectivity index (χ1) is 20.9. The van der Waals surface area contributed by atoms with Crippen LogP contribution in [-0.2, 0) is 21.2 Å². The number of amides is 1. The maximum atomic E-state index is 15.2. The number of hydrogen-bond donors (Lipinski definition) is 0. The van der Waals surface area contributed by atoms with E-state index in [4.69, 9.17) is 4.74 Å². The van der Waals surface area contributed by atoms with E-state index < -0.39 is 16.1 Å². The Labute approximate surface area is 252 Å². The van der Waals surface area contributed by atoms with Gasteiger partial charge in [0.25, 0.3) is 0 Å². The first-order valence-corrected chi connectivity index (χ1v) is 15.8. The predicted molar refractivity (Wildman–Crippen MR) is 167 cm³/mol. The van der Waals surface area contributed by atoms with Gasteiger partial charge >= 0.3 is 10.0 Å². The first kappa shape index (κ1) is 28.6. The molecule has 218 valence electrons. The number of aromatic nitrogens is 1. The molecule has 6 rings (SSSR count). The summed E-state index contributed by atoms with van der Waals surface area (Å²) in [6.45, 7) is 1.08. The summed E-state index contributed by atoms with van der Waals surface area (Å²) in [7, 11) is -2.43. The Hall–Kier alpha value is -4.53. The fraction of sp³-hybridized carbons (Fsp3) is 0.200. The van der Waals surface area contributed by atoms with E-state index >= 15 is 8.42 Å². The number of ether oxygens (including phenoxy) is 1. The molecule has 4 aromatic carbocycles. The van der Waals surface area contributed by atoms with Crippen molar-refractivity contribution in [2.24, 2.45) is 0 Å². The van der Waals surface area contributed by atoms with Crippen LogP contribution in [0.3, 0.4) is 0 Å². The number of piperazine rings is 1. The Balaban J connectivity index is 1.43. The van der Waals surface area contributed by atoms with Crippen LogP contribution in [0.15, 0.2) is 126 Å². The number of sulfonamides is 1. The summed E-state index contributed by atoms with van der Waals surface area (Å²) in [5, 5.41) is 0.769. The van der Waals surface area contributed by atoms with E-state index in [-0.39, 0.29) is 34.2 Å². The molecule has 7 nitrogen and oxygen atoms in total. The molecule has 5 aromatic rings. The van der Waals surface area contributed by atoms with Gasteiger partial charge in [-0.05, 0) is 29.8 Å². The molecule has 2 heterocycles. The molecule has 1 amide bonds. The van der Waals surface area contributed by atoms with Gasteiger partial charge in [0.15, 0.2) is 6.04 Å². The van der Waals surface area contributed by atoms with E-state index in [1.807, 2.05) is 103 Å². The average Bonchev–Trinajstić information content (AvgIpc) is 3.06. The first-order valence-electron chi connectivity index (χ1n) is 14.4. The predicted octanol–water partition coefficient (Wildman–Crippen LogP) is 5.62. The van der Waals surface area contributed by atoms with E-state index in [0.29, 0.717) is 18.6 Å². The summed E-state index contributed by atoms with van der Waals surface area (Å²) in [5.41, 5.74) is 3.16. The van der Waals surface area contributed by atoms with Gasteiger partial charge < -0.3 is 9.64 Å². The zero-order chi connectivity index (χ0) is 29.9. The van der Waals surface area contributed by atoms with Crippen LogP contribution in [0.25, 0.3) is 10.9 Å². The number of benzene rings is 4. The van der Waals surface area contributed by atoms with E-state index in [9.17, 15) is 4.79 Å². The fourth-order valence-electron chi connectivity index (χ4n) is 6.21. The molecule has 1 aromatic heterocycles. The van der Waals surface area contributed by atoms with Crippen molar-refractivity contribution in [3.8, 4) is 5.75 Å². The van der Waals surface area contributed by atoms with Crippen molar-refractivity contribution in [3.63, 3.8) is 0 Å². The lowest BCUT2D eigenvalue weighted by atomic mass is 9.96. The van der Waals surface area contributed by atoms with Gasteiger partial charge in [0, 0.05) is 22.7 Å². The molecule has 8 heteroatoms. The lowest BCUT2D eigenvalue weighted by Gasteiger charge is -2.47. The van der Waals surface area contributed by atoms with Gasteiger partial charge in [-0.3, -0.25) is 9.78 Å². The van der Waals surface area contributed by atoms with Gasteiger partial charge in [0.2, 0.25) is 5.91 Å².